The molecule has 1 unspecified atom stereocenters. The molecule has 80 valence electrons. The second-order valence-corrected chi connectivity index (χ2v) is 3.60. The van der Waals surface area contributed by atoms with Gasteiger partial charge in [-0.1, -0.05) is 30.3 Å². The molecule has 4 heteroatoms. The first-order valence-electron chi connectivity index (χ1n) is 4.97. The molecule has 0 aromatic heterocycles. The van der Waals surface area contributed by atoms with Gasteiger partial charge in [0.1, 0.15) is 5.82 Å². The molecule has 0 fully saturated rings. The summed E-state index contributed by atoms with van der Waals surface area (Å²) in [6, 6.07) is 10.9. The third-order valence-corrected chi connectivity index (χ3v) is 2.63. The van der Waals surface area contributed by atoms with Crippen molar-refractivity contribution in [3.63, 3.8) is 0 Å². The molecule has 3 N–H and O–H groups in total. The largest absolute Gasteiger partial charge is 0.385 e. The predicted octanol–water partition coefficient (Wildman–Crippen LogP) is 0.783. The lowest BCUT2D eigenvalue weighted by Crippen LogP contribution is -2.21. The highest BCUT2D eigenvalue weighted by atomic mass is 16.1. The number of carbonyl (C=O) groups excluding carboxylic acids is 1. The number of nitriles is 1. The van der Waals surface area contributed by atoms with Crippen LogP contribution in [0.25, 0.3) is 0 Å². The van der Waals surface area contributed by atoms with Crippen LogP contribution in [-0.2, 0) is 0 Å². The van der Waals surface area contributed by atoms with Crippen molar-refractivity contribution in [2.75, 3.05) is 6.54 Å². The number of nitrogens with one attached hydrogen (secondary N) is 1. The molecular weight excluding hydrogens is 202 g/mol. The Morgan fingerprint density at radius 1 is 1.44 bits per heavy atom. The van der Waals surface area contributed by atoms with Crippen molar-refractivity contribution in [3.8, 4) is 6.07 Å². The van der Waals surface area contributed by atoms with E-state index in [-0.39, 0.29) is 5.78 Å². The van der Waals surface area contributed by atoms with E-state index in [1.165, 1.54) is 0 Å². The van der Waals surface area contributed by atoms with Gasteiger partial charge >= 0.3 is 0 Å². The summed E-state index contributed by atoms with van der Waals surface area (Å²) in [5.41, 5.74) is 6.54. The average Bonchev–Trinajstić information content (AvgIpc) is 2.70. The molecule has 1 atom stereocenters. The van der Waals surface area contributed by atoms with E-state index in [0.29, 0.717) is 23.5 Å². The van der Waals surface area contributed by atoms with Crippen LogP contribution in [0, 0.1) is 17.2 Å². The van der Waals surface area contributed by atoms with Gasteiger partial charge in [0.2, 0.25) is 0 Å². The maximum atomic E-state index is 12.1. The first kappa shape index (κ1) is 10.2. The molecule has 0 saturated heterocycles. The van der Waals surface area contributed by atoms with Crippen LogP contribution in [0.1, 0.15) is 10.4 Å². The van der Waals surface area contributed by atoms with Gasteiger partial charge in [-0.15, -0.1) is 0 Å². The lowest BCUT2D eigenvalue weighted by molar-refractivity contribution is 0.0947. The average molecular weight is 213 g/mol. The van der Waals surface area contributed by atoms with E-state index in [1.807, 2.05) is 12.1 Å². The number of nitrogens with zero attached hydrogens (tertiary/aromatic N) is 1. The highest BCUT2D eigenvalue weighted by Gasteiger charge is 2.30. The molecule has 1 heterocycles. The number of carbonyl (C=O) groups is 1. The molecule has 2 rings (SSSR count). The van der Waals surface area contributed by atoms with E-state index < -0.39 is 5.92 Å². The maximum absolute atomic E-state index is 12.1. The molecule has 0 radical (unpaired) electrons. The van der Waals surface area contributed by atoms with Crippen molar-refractivity contribution >= 4 is 5.78 Å². The molecule has 1 aromatic rings. The van der Waals surface area contributed by atoms with Gasteiger partial charge in [-0.25, -0.2) is 0 Å². The third kappa shape index (κ3) is 1.63. The Hall–Kier alpha value is -2.28. The van der Waals surface area contributed by atoms with E-state index in [2.05, 4.69) is 5.32 Å². The van der Waals surface area contributed by atoms with Crippen molar-refractivity contribution in [3.05, 3.63) is 47.3 Å². The number of ketones is 1. The van der Waals surface area contributed by atoms with Crippen LogP contribution >= 0.6 is 0 Å². The van der Waals surface area contributed by atoms with Gasteiger partial charge in [0.25, 0.3) is 0 Å². The van der Waals surface area contributed by atoms with Gasteiger partial charge in [0, 0.05) is 12.1 Å². The Bertz CT molecular complexity index is 485. The lowest BCUT2D eigenvalue weighted by Gasteiger charge is -2.07. The predicted molar refractivity (Wildman–Crippen MR) is 59.1 cm³/mol. The summed E-state index contributed by atoms with van der Waals surface area (Å²) in [7, 11) is 0. The fourth-order valence-electron chi connectivity index (χ4n) is 1.76. The number of hydrogen-bond acceptors (Lipinski definition) is 4. The SMILES string of the molecule is N#CC1=C(N)NCC1C(=O)c1ccccc1. The summed E-state index contributed by atoms with van der Waals surface area (Å²) in [5, 5.41) is 11.8. The topological polar surface area (TPSA) is 78.9 Å². The summed E-state index contributed by atoms with van der Waals surface area (Å²) >= 11 is 0. The second kappa shape index (κ2) is 4.07. The number of rotatable bonds is 2. The summed E-state index contributed by atoms with van der Waals surface area (Å²) in [4.78, 5) is 12.1. The van der Waals surface area contributed by atoms with E-state index in [0.717, 1.165) is 0 Å². The van der Waals surface area contributed by atoms with Crippen molar-refractivity contribution in [2.45, 2.75) is 0 Å². The standard InChI is InChI=1S/C12H11N3O/c13-6-9-10(7-15-12(9)14)11(16)8-4-2-1-3-5-8/h1-5,10,15H,7,14H2. The van der Waals surface area contributed by atoms with Crippen molar-refractivity contribution < 1.29 is 4.79 Å². The quantitative estimate of drug-likeness (QED) is 0.711. The van der Waals surface area contributed by atoms with E-state index in [4.69, 9.17) is 11.0 Å². The van der Waals surface area contributed by atoms with Crippen molar-refractivity contribution in [2.24, 2.45) is 11.7 Å². The molecule has 0 spiro atoms. The van der Waals surface area contributed by atoms with Crippen LogP contribution < -0.4 is 11.1 Å². The second-order valence-electron chi connectivity index (χ2n) is 3.60. The van der Waals surface area contributed by atoms with Gasteiger partial charge in [0.05, 0.1) is 17.6 Å². The zero-order chi connectivity index (χ0) is 11.5. The number of nitrogens with two attached hydrogens (primary N) is 1. The lowest BCUT2D eigenvalue weighted by atomic mass is 9.93. The highest BCUT2D eigenvalue weighted by molar-refractivity contribution is 6.00. The molecular formula is C12H11N3O. The zero-order valence-electron chi connectivity index (χ0n) is 8.60. The van der Waals surface area contributed by atoms with Gasteiger partial charge < -0.3 is 11.1 Å². The van der Waals surface area contributed by atoms with Gasteiger partial charge in [-0.3, -0.25) is 4.79 Å². The molecule has 4 nitrogen and oxygen atoms in total. The summed E-state index contributed by atoms with van der Waals surface area (Å²) in [5.74, 6) is -0.200. The fraction of sp³-hybridized carbons (Fsp3) is 0.167. The summed E-state index contributed by atoms with van der Waals surface area (Å²) in [6.45, 7) is 0.405. The fourth-order valence-corrected chi connectivity index (χ4v) is 1.76. The van der Waals surface area contributed by atoms with Gasteiger partial charge in [0.15, 0.2) is 5.78 Å². The number of benzene rings is 1. The first-order chi connectivity index (χ1) is 7.74. The first-order valence-corrected chi connectivity index (χ1v) is 4.97. The van der Waals surface area contributed by atoms with Crippen LogP contribution in [0.3, 0.4) is 0 Å². The van der Waals surface area contributed by atoms with E-state index >= 15 is 0 Å². The van der Waals surface area contributed by atoms with Crippen LogP contribution in [0.2, 0.25) is 0 Å². The molecule has 0 amide bonds. The minimum absolute atomic E-state index is 0.0647. The van der Waals surface area contributed by atoms with Gasteiger partial charge in [-0.2, -0.15) is 5.26 Å². The Labute approximate surface area is 93.4 Å². The molecule has 1 aliphatic heterocycles. The molecule has 1 aliphatic rings. The summed E-state index contributed by atoms with van der Waals surface area (Å²) in [6.07, 6.45) is 0. The maximum Gasteiger partial charge on any atom is 0.172 e. The Morgan fingerprint density at radius 2 is 2.12 bits per heavy atom. The Balaban J connectivity index is 2.29. The molecule has 16 heavy (non-hydrogen) atoms. The molecule has 1 aromatic carbocycles. The Kier molecular flexibility index (Phi) is 2.61. The normalized spacial score (nSPS) is 19.1. The van der Waals surface area contributed by atoms with Gasteiger partial charge in [-0.05, 0) is 0 Å². The van der Waals surface area contributed by atoms with E-state index in [1.54, 1.807) is 24.3 Å². The zero-order valence-corrected chi connectivity index (χ0v) is 8.60. The summed E-state index contributed by atoms with van der Waals surface area (Å²) < 4.78 is 0. The van der Waals surface area contributed by atoms with Crippen LogP contribution in [0.4, 0.5) is 0 Å². The smallest absolute Gasteiger partial charge is 0.172 e. The minimum Gasteiger partial charge on any atom is -0.385 e. The number of hydrogen-bond donors (Lipinski definition) is 2. The third-order valence-electron chi connectivity index (χ3n) is 2.63. The van der Waals surface area contributed by atoms with Crippen LogP contribution in [0.5, 0.6) is 0 Å². The minimum atomic E-state index is -0.451. The van der Waals surface area contributed by atoms with E-state index in [9.17, 15) is 4.79 Å². The molecule has 0 aliphatic carbocycles. The van der Waals surface area contributed by atoms with Crippen molar-refractivity contribution in [1.82, 2.24) is 5.32 Å². The van der Waals surface area contributed by atoms with Crippen molar-refractivity contribution in [1.29, 1.82) is 5.26 Å². The Morgan fingerprint density at radius 3 is 2.75 bits per heavy atom. The monoisotopic (exact) mass is 213 g/mol. The van der Waals surface area contributed by atoms with Crippen LogP contribution in [0.15, 0.2) is 41.7 Å². The highest BCUT2D eigenvalue weighted by Crippen LogP contribution is 2.21. The molecule has 0 saturated carbocycles. The van der Waals surface area contributed by atoms with Crippen LogP contribution in [-0.4, -0.2) is 12.3 Å². The molecule has 0 bridgehead atoms. The number of Topliss-reactive ketones (excluding diaryl/α,β-unsaturated/α-hetero) is 1.